The minimum Gasteiger partial charge on any atom is -0.464 e. The summed E-state index contributed by atoms with van der Waals surface area (Å²) in [5, 5.41) is 22.3. The molecule has 0 unspecified atom stereocenters. The van der Waals surface area contributed by atoms with Crippen LogP contribution in [0.4, 0.5) is 10.1 Å². The summed E-state index contributed by atoms with van der Waals surface area (Å²) in [5.41, 5.74) is 1.76. The molecule has 1 aromatic carbocycles. The molecule has 0 fully saturated rings. The third kappa shape index (κ3) is 5.45. The van der Waals surface area contributed by atoms with Gasteiger partial charge >= 0.3 is 5.69 Å². The van der Waals surface area contributed by atoms with Gasteiger partial charge in [0.1, 0.15) is 11.5 Å². The van der Waals surface area contributed by atoms with Crippen molar-refractivity contribution in [3.8, 4) is 5.75 Å². The van der Waals surface area contributed by atoms with Crippen molar-refractivity contribution in [2.45, 2.75) is 33.5 Å². The highest BCUT2D eigenvalue weighted by Gasteiger charge is 2.17. The second kappa shape index (κ2) is 9.69. The number of nitro benzene ring substituents is 1. The lowest BCUT2D eigenvalue weighted by Gasteiger charge is -2.07. The van der Waals surface area contributed by atoms with Gasteiger partial charge in [0.25, 0.3) is 5.91 Å². The van der Waals surface area contributed by atoms with Crippen LogP contribution in [-0.4, -0.2) is 36.9 Å². The first-order valence-corrected chi connectivity index (χ1v) is 10.1. The molecule has 0 atom stereocenters. The van der Waals surface area contributed by atoms with Crippen LogP contribution in [0.3, 0.4) is 0 Å². The first-order chi connectivity index (χ1) is 14.8. The minimum absolute atomic E-state index is 0.172. The minimum atomic E-state index is -0.665. The molecule has 12 heteroatoms. The lowest BCUT2D eigenvalue weighted by Crippen LogP contribution is -2.26. The Hall–Kier alpha value is -3.28. The van der Waals surface area contributed by atoms with E-state index >= 15 is 0 Å². The van der Waals surface area contributed by atoms with Gasteiger partial charge < -0.3 is 10.1 Å². The Morgan fingerprint density at radius 3 is 2.77 bits per heavy atom. The zero-order valence-corrected chi connectivity index (χ0v) is 18.4. The molecule has 0 aliphatic carbocycles. The van der Waals surface area contributed by atoms with E-state index in [0.29, 0.717) is 19.5 Å². The molecule has 2 aromatic heterocycles. The lowest BCUT2D eigenvalue weighted by molar-refractivity contribution is -0.386. The number of amides is 1. The molecule has 0 radical (unpaired) electrons. The second-order valence-electron chi connectivity index (χ2n) is 6.70. The van der Waals surface area contributed by atoms with Crippen LogP contribution >= 0.6 is 15.9 Å². The molecule has 2 heterocycles. The summed E-state index contributed by atoms with van der Waals surface area (Å²) in [6, 6.07) is 4.43. The molecule has 0 aliphatic rings. The molecular formula is C19H20BrFN6O4. The summed E-state index contributed by atoms with van der Waals surface area (Å²) < 4.78 is 22.8. The Morgan fingerprint density at radius 1 is 1.32 bits per heavy atom. The number of hydrogen-bond acceptors (Lipinski definition) is 6. The maximum absolute atomic E-state index is 13.4. The monoisotopic (exact) mass is 494 g/mol. The van der Waals surface area contributed by atoms with Crippen molar-refractivity contribution < 1.29 is 18.8 Å². The third-order valence-corrected chi connectivity index (χ3v) is 5.62. The van der Waals surface area contributed by atoms with Crippen LogP contribution in [0.15, 0.2) is 34.9 Å². The van der Waals surface area contributed by atoms with Crippen LogP contribution in [0.25, 0.3) is 0 Å². The summed E-state index contributed by atoms with van der Waals surface area (Å²) in [6.45, 7) is 4.77. The number of benzene rings is 1. The number of rotatable bonds is 9. The van der Waals surface area contributed by atoms with Crippen LogP contribution in [0.5, 0.6) is 5.75 Å². The number of hydrogen-bond donors (Lipinski definition) is 1. The maximum atomic E-state index is 13.4. The summed E-state index contributed by atoms with van der Waals surface area (Å²) in [6.07, 6.45) is 2.18. The topological polar surface area (TPSA) is 117 Å². The highest BCUT2D eigenvalue weighted by atomic mass is 79.9. The SMILES string of the molecule is Cc1nn(CCCNC(=O)c2ccn(COc3cc(F)ccc3[N+](=O)[O-])n2)c(C)c1Br. The van der Waals surface area contributed by atoms with E-state index in [1.54, 1.807) is 0 Å². The fourth-order valence-electron chi connectivity index (χ4n) is 2.86. The number of ether oxygens (including phenoxy) is 1. The number of carbonyl (C=O) groups excluding carboxylic acids is 1. The van der Waals surface area contributed by atoms with Crippen molar-refractivity contribution in [3.05, 3.63) is 67.9 Å². The molecule has 0 saturated carbocycles. The van der Waals surface area contributed by atoms with Gasteiger partial charge in [-0.2, -0.15) is 10.2 Å². The Balaban J connectivity index is 1.50. The Morgan fingerprint density at radius 2 is 2.10 bits per heavy atom. The van der Waals surface area contributed by atoms with Crippen LogP contribution in [0, 0.1) is 29.8 Å². The molecule has 1 amide bonds. The molecular weight excluding hydrogens is 475 g/mol. The van der Waals surface area contributed by atoms with Crippen LogP contribution in [-0.2, 0) is 13.3 Å². The van der Waals surface area contributed by atoms with Gasteiger partial charge in [-0.3, -0.25) is 19.6 Å². The molecule has 0 saturated heterocycles. The number of nitrogens with one attached hydrogen (secondary N) is 1. The van der Waals surface area contributed by atoms with Crippen LogP contribution in [0.1, 0.15) is 28.3 Å². The lowest BCUT2D eigenvalue weighted by atomic mass is 10.3. The van der Waals surface area contributed by atoms with Crippen LogP contribution in [0.2, 0.25) is 0 Å². The number of aryl methyl sites for hydroxylation is 2. The Labute approximate surface area is 185 Å². The molecule has 0 aliphatic heterocycles. The smallest absolute Gasteiger partial charge is 0.311 e. The number of aromatic nitrogens is 4. The molecule has 3 aromatic rings. The molecule has 3 rings (SSSR count). The highest BCUT2D eigenvalue weighted by Crippen LogP contribution is 2.27. The average molecular weight is 495 g/mol. The van der Waals surface area contributed by atoms with Gasteiger partial charge in [0.2, 0.25) is 5.75 Å². The van der Waals surface area contributed by atoms with E-state index in [9.17, 15) is 19.3 Å². The zero-order chi connectivity index (χ0) is 22.5. The number of carbonyl (C=O) groups is 1. The maximum Gasteiger partial charge on any atom is 0.311 e. The largest absolute Gasteiger partial charge is 0.464 e. The van der Waals surface area contributed by atoms with Crippen LogP contribution < -0.4 is 10.1 Å². The van der Waals surface area contributed by atoms with E-state index in [4.69, 9.17) is 4.74 Å². The normalized spacial score (nSPS) is 10.8. The fourth-order valence-corrected chi connectivity index (χ4v) is 3.14. The van der Waals surface area contributed by atoms with Gasteiger partial charge in [0.05, 0.1) is 15.1 Å². The van der Waals surface area contributed by atoms with Gasteiger partial charge in [-0.25, -0.2) is 9.07 Å². The van der Waals surface area contributed by atoms with E-state index in [1.165, 1.54) is 16.9 Å². The van der Waals surface area contributed by atoms with E-state index in [-0.39, 0.29) is 29.8 Å². The molecule has 31 heavy (non-hydrogen) atoms. The van der Waals surface area contributed by atoms with E-state index in [2.05, 4.69) is 31.4 Å². The number of nitro groups is 1. The van der Waals surface area contributed by atoms with Crippen molar-refractivity contribution in [3.63, 3.8) is 0 Å². The third-order valence-electron chi connectivity index (χ3n) is 4.47. The zero-order valence-electron chi connectivity index (χ0n) is 16.8. The predicted octanol–water partition coefficient (Wildman–Crippen LogP) is 3.36. The van der Waals surface area contributed by atoms with Crippen molar-refractivity contribution in [1.29, 1.82) is 0 Å². The Bertz CT molecular complexity index is 1110. The molecule has 164 valence electrons. The summed E-state index contributed by atoms with van der Waals surface area (Å²) in [4.78, 5) is 22.6. The van der Waals surface area contributed by atoms with E-state index in [1.807, 2.05) is 18.5 Å². The van der Waals surface area contributed by atoms with Crippen molar-refractivity contribution in [2.75, 3.05) is 6.54 Å². The van der Waals surface area contributed by atoms with Gasteiger partial charge in [-0.1, -0.05) is 0 Å². The first-order valence-electron chi connectivity index (χ1n) is 9.34. The molecule has 0 spiro atoms. The van der Waals surface area contributed by atoms with E-state index in [0.717, 1.165) is 34.1 Å². The number of halogens is 2. The van der Waals surface area contributed by atoms with Gasteiger partial charge in [0.15, 0.2) is 6.73 Å². The first kappa shape index (κ1) is 22.4. The average Bonchev–Trinajstić information content (AvgIpc) is 3.30. The van der Waals surface area contributed by atoms with E-state index < -0.39 is 10.7 Å². The second-order valence-corrected chi connectivity index (χ2v) is 7.49. The predicted molar refractivity (Wildman–Crippen MR) is 112 cm³/mol. The Kier molecular flexibility index (Phi) is 7.00. The quantitative estimate of drug-likeness (QED) is 0.277. The molecule has 1 N–H and O–H groups in total. The summed E-state index contributed by atoms with van der Waals surface area (Å²) in [5.74, 6) is -1.23. The standard InChI is InChI=1S/C19H20BrFN6O4/c1-12-18(20)13(2)26(23-12)8-3-7-22-19(28)15-6-9-25(24-15)11-31-17-10-14(21)4-5-16(17)27(29)30/h4-6,9-10H,3,7-8,11H2,1-2H3,(H,22,28). The van der Waals surface area contributed by atoms with Crippen molar-refractivity contribution >= 4 is 27.5 Å². The molecule has 0 bridgehead atoms. The van der Waals surface area contributed by atoms with Crippen molar-refractivity contribution in [1.82, 2.24) is 24.9 Å². The number of nitrogens with zero attached hydrogens (tertiary/aromatic N) is 5. The summed E-state index contributed by atoms with van der Waals surface area (Å²) in [7, 11) is 0. The van der Waals surface area contributed by atoms with Gasteiger partial charge in [-0.05, 0) is 48.3 Å². The molecule has 10 nitrogen and oxygen atoms in total. The van der Waals surface area contributed by atoms with Gasteiger partial charge in [-0.15, -0.1) is 0 Å². The highest BCUT2D eigenvalue weighted by molar-refractivity contribution is 9.10. The van der Waals surface area contributed by atoms with Crippen molar-refractivity contribution in [2.24, 2.45) is 0 Å². The summed E-state index contributed by atoms with van der Waals surface area (Å²) >= 11 is 3.48. The van der Waals surface area contributed by atoms with Gasteiger partial charge in [0, 0.05) is 37.1 Å². The fraction of sp³-hybridized carbons (Fsp3) is 0.316.